The molecule has 1 aliphatic rings. The molecule has 1 aromatic rings. The summed E-state index contributed by atoms with van der Waals surface area (Å²) in [5, 5.41) is 5.76. The first-order chi connectivity index (χ1) is 12.6. The molecule has 0 spiro atoms. The first-order valence-corrected chi connectivity index (χ1v) is 9.59. The molecule has 0 aromatic heterocycles. The number of benzene rings is 1. The summed E-state index contributed by atoms with van der Waals surface area (Å²) in [7, 11) is 0. The highest BCUT2D eigenvalue weighted by Crippen LogP contribution is 2.25. The second-order valence-corrected chi connectivity index (χ2v) is 8.53. The standard InChI is InChI=1S/C21H31N3O3/c1-14(2)18(25)22-16-6-8-17(9-7-16)23-19(26)15-10-12-24(13-11-15)20(27)21(3,4)5/h6-9,14-15H,10-13H2,1-5H3,(H,22,25)(H,23,26). The van der Waals surface area contributed by atoms with E-state index in [1.165, 1.54) is 0 Å². The quantitative estimate of drug-likeness (QED) is 0.848. The third-order valence-electron chi connectivity index (χ3n) is 4.74. The van der Waals surface area contributed by atoms with Gasteiger partial charge in [-0.1, -0.05) is 34.6 Å². The number of carbonyl (C=O) groups is 3. The van der Waals surface area contributed by atoms with Gasteiger partial charge in [-0.15, -0.1) is 0 Å². The van der Waals surface area contributed by atoms with E-state index >= 15 is 0 Å². The van der Waals surface area contributed by atoms with Gasteiger partial charge in [0, 0.05) is 41.7 Å². The van der Waals surface area contributed by atoms with Gasteiger partial charge in [0.1, 0.15) is 0 Å². The van der Waals surface area contributed by atoms with E-state index in [4.69, 9.17) is 0 Å². The second-order valence-electron chi connectivity index (χ2n) is 8.53. The van der Waals surface area contributed by atoms with Crippen molar-refractivity contribution in [1.82, 2.24) is 4.90 Å². The highest BCUT2D eigenvalue weighted by Gasteiger charge is 2.32. The van der Waals surface area contributed by atoms with Crippen molar-refractivity contribution < 1.29 is 14.4 Å². The van der Waals surface area contributed by atoms with Crippen LogP contribution in [0.1, 0.15) is 47.5 Å². The molecule has 6 heteroatoms. The Morgan fingerprint density at radius 3 is 1.89 bits per heavy atom. The first-order valence-electron chi connectivity index (χ1n) is 9.59. The van der Waals surface area contributed by atoms with Crippen molar-refractivity contribution in [3.05, 3.63) is 24.3 Å². The average Bonchev–Trinajstić information content (AvgIpc) is 2.62. The molecular formula is C21H31N3O3. The number of likely N-dealkylation sites (tertiary alicyclic amines) is 1. The van der Waals surface area contributed by atoms with Crippen molar-refractivity contribution in [2.24, 2.45) is 17.3 Å². The number of piperidine rings is 1. The zero-order chi connectivity index (χ0) is 20.2. The molecule has 1 aliphatic heterocycles. The molecular weight excluding hydrogens is 342 g/mol. The Kier molecular flexibility index (Phi) is 6.63. The minimum absolute atomic E-state index is 0.0168. The Hall–Kier alpha value is -2.37. The lowest BCUT2D eigenvalue weighted by atomic mass is 9.90. The SMILES string of the molecule is CC(C)C(=O)Nc1ccc(NC(=O)C2CCN(C(=O)C(C)(C)C)CC2)cc1. The monoisotopic (exact) mass is 373 g/mol. The van der Waals surface area contributed by atoms with E-state index in [0.29, 0.717) is 37.3 Å². The molecule has 0 aliphatic carbocycles. The molecule has 0 bridgehead atoms. The number of amides is 3. The van der Waals surface area contributed by atoms with Crippen molar-refractivity contribution in [2.45, 2.75) is 47.5 Å². The van der Waals surface area contributed by atoms with Gasteiger partial charge in [-0.2, -0.15) is 0 Å². The van der Waals surface area contributed by atoms with Crippen LogP contribution in [-0.2, 0) is 14.4 Å². The summed E-state index contributed by atoms with van der Waals surface area (Å²) in [4.78, 5) is 38.4. The molecule has 2 rings (SSSR count). The predicted molar refractivity (Wildman–Crippen MR) is 107 cm³/mol. The van der Waals surface area contributed by atoms with Gasteiger partial charge < -0.3 is 15.5 Å². The molecule has 1 aromatic carbocycles. The average molecular weight is 373 g/mol. The number of nitrogens with one attached hydrogen (secondary N) is 2. The van der Waals surface area contributed by atoms with Crippen LogP contribution in [0.5, 0.6) is 0 Å². The normalized spacial score (nSPS) is 15.6. The van der Waals surface area contributed by atoms with Gasteiger partial charge in [0.2, 0.25) is 17.7 Å². The molecule has 0 radical (unpaired) electrons. The number of hydrogen-bond donors (Lipinski definition) is 2. The zero-order valence-electron chi connectivity index (χ0n) is 17.0. The zero-order valence-corrected chi connectivity index (χ0v) is 17.0. The number of hydrogen-bond acceptors (Lipinski definition) is 3. The molecule has 27 heavy (non-hydrogen) atoms. The summed E-state index contributed by atoms with van der Waals surface area (Å²) in [6.45, 7) is 10.7. The molecule has 1 fully saturated rings. The largest absolute Gasteiger partial charge is 0.342 e. The number of rotatable bonds is 4. The maximum atomic E-state index is 12.5. The fourth-order valence-electron chi connectivity index (χ4n) is 2.99. The summed E-state index contributed by atoms with van der Waals surface area (Å²) in [6.07, 6.45) is 1.35. The molecule has 1 saturated heterocycles. The highest BCUT2D eigenvalue weighted by molar-refractivity contribution is 5.94. The summed E-state index contributed by atoms with van der Waals surface area (Å²) in [5.74, 6) is -0.0877. The van der Waals surface area contributed by atoms with E-state index in [1.807, 2.05) is 39.5 Å². The van der Waals surface area contributed by atoms with E-state index in [-0.39, 0.29) is 35.0 Å². The highest BCUT2D eigenvalue weighted by atomic mass is 16.2. The Bertz CT molecular complexity index is 682. The molecule has 3 amide bonds. The van der Waals surface area contributed by atoms with Crippen LogP contribution in [0, 0.1) is 17.3 Å². The number of carbonyl (C=O) groups excluding carboxylic acids is 3. The lowest BCUT2D eigenvalue weighted by Crippen LogP contribution is -2.45. The molecule has 6 nitrogen and oxygen atoms in total. The fourth-order valence-corrected chi connectivity index (χ4v) is 2.99. The maximum absolute atomic E-state index is 12.5. The molecule has 0 saturated carbocycles. The Balaban J connectivity index is 1.86. The van der Waals surface area contributed by atoms with E-state index in [2.05, 4.69) is 10.6 Å². The third kappa shape index (κ3) is 5.81. The van der Waals surface area contributed by atoms with Crippen LogP contribution in [0.4, 0.5) is 11.4 Å². The van der Waals surface area contributed by atoms with Crippen molar-refractivity contribution in [3.63, 3.8) is 0 Å². The van der Waals surface area contributed by atoms with Crippen LogP contribution in [0.15, 0.2) is 24.3 Å². The Morgan fingerprint density at radius 2 is 1.44 bits per heavy atom. The van der Waals surface area contributed by atoms with E-state index in [0.717, 1.165) is 0 Å². The minimum atomic E-state index is -0.387. The van der Waals surface area contributed by atoms with Crippen LogP contribution >= 0.6 is 0 Å². The van der Waals surface area contributed by atoms with Gasteiger partial charge in [0.05, 0.1) is 0 Å². The van der Waals surface area contributed by atoms with Gasteiger partial charge in [-0.3, -0.25) is 14.4 Å². The van der Waals surface area contributed by atoms with Crippen molar-refractivity contribution in [2.75, 3.05) is 23.7 Å². The Labute approximate surface area is 161 Å². The van der Waals surface area contributed by atoms with E-state index in [1.54, 1.807) is 24.3 Å². The van der Waals surface area contributed by atoms with Crippen LogP contribution < -0.4 is 10.6 Å². The lowest BCUT2D eigenvalue weighted by molar-refractivity contribution is -0.142. The van der Waals surface area contributed by atoms with Gasteiger partial charge >= 0.3 is 0 Å². The van der Waals surface area contributed by atoms with Crippen molar-refractivity contribution >= 4 is 29.1 Å². The molecule has 0 atom stereocenters. The lowest BCUT2D eigenvalue weighted by Gasteiger charge is -2.35. The molecule has 1 heterocycles. The molecule has 2 N–H and O–H groups in total. The van der Waals surface area contributed by atoms with Crippen LogP contribution in [0.25, 0.3) is 0 Å². The second kappa shape index (κ2) is 8.55. The summed E-state index contributed by atoms with van der Waals surface area (Å²) >= 11 is 0. The predicted octanol–water partition coefficient (Wildman–Crippen LogP) is 3.50. The van der Waals surface area contributed by atoms with Crippen LogP contribution in [0.2, 0.25) is 0 Å². The number of nitrogens with zero attached hydrogens (tertiary/aromatic N) is 1. The minimum Gasteiger partial charge on any atom is -0.342 e. The first kappa shape index (κ1) is 20.9. The van der Waals surface area contributed by atoms with E-state index in [9.17, 15) is 14.4 Å². The van der Waals surface area contributed by atoms with E-state index < -0.39 is 0 Å². The van der Waals surface area contributed by atoms with Gasteiger partial charge in [0.25, 0.3) is 0 Å². The Morgan fingerprint density at radius 1 is 0.963 bits per heavy atom. The van der Waals surface area contributed by atoms with Gasteiger partial charge in [0.15, 0.2) is 0 Å². The third-order valence-corrected chi connectivity index (χ3v) is 4.74. The summed E-state index contributed by atoms with van der Waals surface area (Å²) < 4.78 is 0. The molecule has 148 valence electrons. The number of anilines is 2. The maximum Gasteiger partial charge on any atom is 0.227 e. The van der Waals surface area contributed by atoms with Crippen LogP contribution in [0.3, 0.4) is 0 Å². The smallest absolute Gasteiger partial charge is 0.227 e. The summed E-state index contributed by atoms with van der Waals surface area (Å²) in [6, 6.07) is 7.12. The van der Waals surface area contributed by atoms with Crippen molar-refractivity contribution in [3.8, 4) is 0 Å². The van der Waals surface area contributed by atoms with Gasteiger partial charge in [-0.05, 0) is 37.1 Å². The summed E-state index contributed by atoms with van der Waals surface area (Å²) in [5.41, 5.74) is 1.03. The fraction of sp³-hybridized carbons (Fsp3) is 0.571. The molecule has 0 unspecified atom stereocenters. The van der Waals surface area contributed by atoms with Gasteiger partial charge in [-0.25, -0.2) is 0 Å². The van der Waals surface area contributed by atoms with Crippen molar-refractivity contribution in [1.29, 1.82) is 0 Å². The topological polar surface area (TPSA) is 78.5 Å². The van der Waals surface area contributed by atoms with Crippen LogP contribution in [-0.4, -0.2) is 35.7 Å².